The molecule has 34 heavy (non-hydrogen) atoms. The molecule has 0 spiro atoms. The van der Waals surface area contributed by atoms with Crippen LogP contribution in [0.2, 0.25) is 0 Å². The van der Waals surface area contributed by atoms with E-state index in [1.807, 2.05) is 30.3 Å². The first-order valence-electron chi connectivity index (χ1n) is 11.0. The second-order valence-corrected chi connectivity index (χ2v) is 9.50. The summed E-state index contributed by atoms with van der Waals surface area (Å²) in [4.78, 5) is 19.8. The number of benzene rings is 2. The Morgan fingerprint density at radius 2 is 1.94 bits per heavy atom. The molecule has 3 aromatic rings. The van der Waals surface area contributed by atoms with Crippen molar-refractivity contribution in [2.75, 3.05) is 18.0 Å². The first-order chi connectivity index (χ1) is 16.5. The molecule has 0 saturated carbocycles. The summed E-state index contributed by atoms with van der Waals surface area (Å²) >= 11 is 4.78. The Hall–Kier alpha value is -2.68. The van der Waals surface area contributed by atoms with E-state index in [2.05, 4.69) is 39.3 Å². The highest BCUT2D eigenvalue weighted by molar-refractivity contribution is 9.15. The molecule has 2 heterocycles. The maximum Gasteiger partial charge on any atom is 0.297 e. The molecular formula is C26H25BrFN3O2S. The molecule has 0 unspecified atom stereocenters. The zero-order chi connectivity index (χ0) is 24.1. The van der Waals surface area contributed by atoms with E-state index in [0.29, 0.717) is 42.0 Å². The normalized spacial score (nSPS) is 13.0. The van der Waals surface area contributed by atoms with Crippen LogP contribution in [0.4, 0.5) is 10.1 Å². The summed E-state index contributed by atoms with van der Waals surface area (Å²) in [5.41, 5.74) is 5.10. The molecule has 5 nitrogen and oxygen atoms in total. The molecule has 1 aliphatic rings. The molecule has 0 N–H and O–H groups in total. The number of carbonyl (C=O) groups excluding carboxylic acids is 1. The minimum Gasteiger partial charge on any atom is -0.366 e. The second kappa shape index (κ2) is 11.2. The van der Waals surface area contributed by atoms with Gasteiger partial charge in [0.25, 0.3) is 5.91 Å². The van der Waals surface area contributed by atoms with Gasteiger partial charge in [0, 0.05) is 40.9 Å². The average Bonchev–Trinajstić information content (AvgIpc) is 2.85. The lowest BCUT2D eigenvalue weighted by molar-refractivity contribution is -0.0204. The van der Waals surface area contributed by atoms with Crippen molar-refractivity contribution in [3.05, 3.63) is 101 Å². The van der Waals surface area contributed by atoms with Crippen LogP contribution in [-0.2, 0) is 23.0 Å². The summed E-state index contributed by atoms with van der Waals surface area (Å²) < 4.78 is 19.8. The molecule has 0 bridgehead atoms. The first kappa shape index (κ1) is 24.4. The van der Waals surface area contributed by atoms with Crippen LogP contribution < -0.4 is 4.90 Å². The Labute approximate surface area is 211 Å². The molecule has 1 amide bonds. The van der Waals surface area contributed by atoms with Crippen molar-refractivity contribution < 1.29 is 13.5 Å². The van der Waals surface area contributed by atoms with E-state index in [1.165, 1.54) is 29.2 Å². The highest BCUT2D eigenvalue weighted by Gasteiger charge is 2.31. The van der Waals surface area contributed by atoms with Gasteiger partial charge in [-0.3, -0.25) is 4.79 Å². The first-order valence-corrected chi connectivity index (χ1v) is 12.7. The van der Waals surface area contributed by atoms with Crippen LogP contribution in [0, 0.1) is 5.82 Å². The largest absolute Gasteiger partial charge is 0.366 e. The molecular weight excluding hydrogens is 517 g/mol. The second-order valence-electron chi connectivity index (χ2n) is 7.87. The van der Waals surface area contributed by atoms with Crippen LogP contribution in [0.15, 0.2) is 67.4 Å². The van der Waals surface area contributed by atoms with Gasteiger partial charge >= 0.3 is 0 Å². The standard InChI is InChI=1S/C26H25BrFN3O2S/c1-3-30(16-19-9-11-21(28)12-10-19)23-15-29-25-22(24(23)18(2)27)13-14-31(26(25)32)33-34-17-20-7-5-4-6-8-20/h4-12,15H,2-3,13-14,16-17H2,1H3. The van der Waals surface area contributed by atoms with Gasteiger partial charge < -0.3 is 4.90 Å². The third-order valence-corrected chi connectivity index (χ3v) is 6.78. The van der Waals surface area contributed by atoms with Gasteiger partial charge in [0.05, 0.1) is 18.4 Å². The third-order valence-electron chi connectivity index (χ3n) is 5.65. The lowest BCUT2D eigenvalue weighted by Gasteiger charge is -2.31. The number of hydroxylamine groups is 2. The smallest absolute Gasteiger partial charge is 0.297 e. The molecule has 0 saturated heterocycles. The van der Waals surface area contributed by atoms with Crippen molar-refractivity contribution in [2.45, 2.75) is 25.6 Å². The van der Waals surface area contributed by atoms with Crippen molar-refractivity contribution in [2.24, 2.45) is 0 Å². The maximum absolute atomic E-state index is 13.3. The van der Waals surface area contributed by atoms with Crippen LogP contribution in [0.1, 0.15) is 39.7 Å². The minimum absolute atomic E-state index is 0.259. The van der Waals surface area contributed by atoms with Gasteiger partial charge in [0.1, 0.15) is 11.5 Å². The van der Waals surface area contributed by atoms with Crippen molar-refractivity contribution in [1.29, 1.82) is 0 Å². The zero-order valence-corrected chi connectivity index (χ0v) is 21.2. The van der Waals surface area contributed by atoms with Crippen LogP contribution in [0.25, 0.3) is 4.48 Å². The Bertz CT molecular complexity index is 1170. The maximum atomic E-state index is 13.3. The van der Waals surface area contributed by atoms with Crippen molar-refractivity contribution in [3.63, 3.8) is 0 Å². The fourth-order valence-corrected chi connectivity index (χ4v) is 5.02. The molecule has 0 radical (unpaired) electrons. The van der Waals surface area contributed by atoms with Crippen LogP contribution in [0.5, 0.6) is 0 Å². The number of pyridine rings is 1. The van der Waals surface area contributed by atoms with Gasteiger partial charge in [-0.25, -0.2) is 14.4 Å². The Balaban J connectivity index is 1.54. The van der Waals surface area contributed by atoms with Crippen molar-refractivity contribution >= 4 is 44.0 Å². The topological polar surface area (TPSA) is 45.7 Å². The number of hydrogen-bond donors (Lipinski definition) is 0. The predicted molar refractivity (Wildman–Crippen MR) is 139 cm³/mol. The van der Waals surface area contributed by atoms with Gasteiger partial charge in [0.15, 0.2) is 0 Å². The number of hydrogen-bond acceptors (Lipinski definition) is 5. The number of rotatable bonds is 9. The molecule has 1 aromatic heterocycles. The summed E-state index contributed by atoms with van der Waals surface area (Å²) in [7, 11) is 0. The van der Waals surface area contributed by atoms with Crippen LogP contribution in [-0.4, -0.2) is 29.0 Å². The van der Waals surface area contributed by atoms with Gasteiger partial charge in [0.2, 0.25) is 0 Å². The molecule has 8 heteroatoms. The predicted octanol–water partition coefficient (Wildman–Crippen LogP) is 6.39. The van der Waals surface area contributed by atoms with Crippen LogP contribution in [0.3, 0.4) is 0 Å². The van der Waals surface area contributed by atoms with E-state index in [1.54, 1.807) is 18.3 Å². The molecule has 0 atom stereocenters. The molecule has 0 aliphatic carbocycles. The van der Waals surface area contributed by atoms with Gasteiger partial charge in [-0.15, -0.1) is 0 Å². The molecule has 176 valence electrons. The van der Waals surface area contributed by atoms with E-state index in [4.69, 9.17) is 4.28 Å². The Morgan fingerprint density at radius 1 is 1.21 bits per heavy atom. The Morgan fingerprint density at radius 3 is 2.62 bits per heavy atom. The third kappa shape index (κ3) is 5.51. The number of amides is 1. The van der Waals surface area contributed by atoms with E-state index in [-0.39, 0.29) is 11.7 Å². The molecule has 0 fully saturated rings. The number of nitrogens with zero attached hydrogens (tertiary/aromatic N) is 3. The number of anilines is 1. The monoisotopic (exact) mass is 541 g/mol. The van der Waals surface area contributed by atoms with Gasteiger partial charge in [-0.2, -0.15) is 4.28 Å². The average molecular weight is 542 g/mol. The summed E-state index contributed by atoms with van der Waals surface area (Å²) in [6, 6.07) is 16.4. The van der Waals surface area contributed by atoms with Crippen molar-refractivity contribution in [1.82, 2.24) is 10.0 Å². The summed E-state index contributed by atoms with van der Waals surface area (Å²) in [5.74, 6) is 0.122. The fourth-order valence-electron chi connectivity index (χ4n) is 3.93. The molecule has 4 rings (SSSR count). The Kier molecular flexibility index (Phi) is 8.03. The lowest BCUT2D eigenvalue weighted by Crippen LogP contribution is -2.38. The SMILES string of the molecule is C=C(Br)c1c(N(CC)Cc2ccc(F)cc2)cnc2c1CCN(OSCc1ccccc1)C2=O. The highest BCUT2D eigenvalue weighted by atomic mass is 79.9. The van der Waals surface area contributed by atoms with E-state index >= 15 is 0 Å². The van der Waals surface area contributed by atoms with Crippen LogP contribution >= 0.6 is 28.0 Å². The number of fused-ring (bicyclic) bond motifs is 1. The summed E-state index contributed by atoms with van der Waals surface area (Å²) in [6.07, 6.45) is 2.31. The van der Waals surface area contributed by atoms with Crippen molar-refractivity contribution in [3.8, 4) is 0 Å². The van der Waals surface area contributed by atoms with E-state index in [9.17, 15) is 9.18 Å². The zero-order valence-electron chi connectivity index (χ0n) is 18.8. The minimum atomic E-state index is -0.260. The number of aromatic nitrogens is 1. The van der Waals surface area contributed by atoms with E-state index in [0.717, 1.165) is 27.9 Å². The van der Waals surface area contributed by atoms with Gasteiger partial charge in [-0.05, 0) is 42.2 Å². The summed E-state index contributed by atoms with van der Waals surface area (Å²) in [6.45, 7) is 7.89. The number of halogens is 2. The molecule has 2 aromatic carbocycles. The van der Waals surface area contributed by atoms with E-state index < -0.39 is 0 Å². The lowest BCUT2D eigenvalue weighted by atomic mass is 9.97. The number of carbonyl (C=O) groups is 1. The fraction of sp³-hybridized carbons (Fsp3) is 0.231. The van der Waals surface area contributed by atoms with Gasteiger partial charge in [-0.1, -0.05) is 65.0 Å². The highest BCUT2D eigenvalue weighted by Crippen LogP contribution is 2.37. The summed E-state index contributed by atoms with van der Waals surface area (Å²) in [5, 5.41) is 1.37. The quantitative estimate of drug-likeness (QED) is 0.293. The molecule has 1 aliphatic heterocycles.